The van der Waals surface area contributed by atoms with Gasteiger partial charge in [-0.3, -0.25) is 9.59 Å². The number of amides is 1. The Labute approximate surface area is 159 Å². The topological polar surface area (TPSA) is 55.8 Å². The molecule has 2 aromatic rings. The largest absolute Gasteiger partial charge is 0.493 e. The smallest absolute Gasteiger partial charge is 0.214 e. The maximum Gasteiger partial charge on any atom is 0.214 e. The number of carbonyl (C=O) groups excluding carboxylic acids is 2. The van der Waals surface area contributed by atoms with Crippen LogP contribution < -0.4 is 14.4 Å². The van der Waals surface area contributed by atoms with Gasteiger partial charge in [-0.15, -0.1) is 0 Å². The second-order valence-electron chi connectivity index (χ2n) is 6.86. The van der Waals surface area contributed by atoms with Gasteiger partial charge >= 0.3 is 0 Å². The van der Waals surface area contributed by atoms with Crippen LogP contribution in [-0.4, -0.2) is 26.4 Å². The molecular weight excluding hydrogens is 342 g/mol. The monoisotopic (exact) mass is 367 g/mol. The Hall–Kier alpha value is -2.82. The summed E-state index contributed by atoms with van der Waals surface area (Å²) in [7, 11) is 3.07. The first-order valence-electron chi connectivity index (χ1n) is 9.14. The zero-order chi connectivity index (χ0) is 19.4. The minimum absolute atomic E-state index is 0.126. The summed E-state index contributed by atoms with van der Waals surface area (Å²) in [6.07, 6.45) is 4.60. The predicted octanol–water partition coefficient (Wildman–Crippen LogP) is 4.34. The number of methoxy groups -OCH3 is 2. The van der Waals surface area contributed by atoms with Crippen LogP contribution in [0, 0.1) is 0 Å². The van der Waals surface area contributed by atoms with E-state index in [0.29, 0.717) is 22.7 Å². The quantitative estimate of drug-likeness (QED) is 0.540. The van der Waals surface area contributed by atoms with Crippen molar-refractivity contribution in [1.82, 2.24) is 0 Å². The fourth-order valence-electron chi connectivity index (χ4n) is 4.11. The second-order valence-corrected chi connectivity index (χ2v) is 6.86. The highest BCUT2D eigenvalue weighted by atomic mass is 16.5. The van der Waals surface area contributed by atoms with Gasteiger partial charge in [-0.25, -0.2) is 0 Å². The number of anilines is 1. The molecule has 0 heterocycles. The number of carbonyl (C=O) groups is 2. The minimum atomic E-state index is -0.465. The van der Waals surface area contributed by atoms with Gasteiger partial charge in [0.2, 0.25) is 6.41 Å². The Morgan fingerprint density at radius 3 is 2.15 bits per heavy atom. The molecule has 0 bridgehead atoms. The summed E-state index contributed by atoms with van der Waals surface area (Å²) in [5, 5.41) is 0. The van der Waals surface area contributed by atoms with Crippen LogP contribution in [0.15, 0.2) is 42.5 Å². The molecule has 1 fully saturated rings. The van der Waals surface area contributed by atoms with Crippen LogP contribution in [0.25, 0.3) is 0 Å². The van der Waals surface area contributed by atoms with Crippen LogP contribution in [0.2, 0.25) is 0 Å². The van der Waals surface area contributed by atoms with Crippen LogP contribution in [0.3, 0.4) is 0 Å². The van der Waals surface area contributed by atoms with E-state index in [1.807, 2.05) is 18.2 Å². The molecule has 142 valence electrons. The third-order valence-electron chi connectivity index (χ3n) is 5.45. The normalized spacial score (nSPS) is 15.2. The zero-order valence-electron chi connectivity index (χ0n) is 16.0. The minimum Gasteiger partial charge on any atom is -0.493 e. The lowest BCUT2D eigenvalue weighted by atomic mass is 9.85. The first-order valence-corrected chi connectivity index (χ1v) is 9.14. The third-order valence-corrected chi connectivity index (χ3v) is 5.45. The molecule has 5 nitrogen and oxygen atoms in total. The van der Waals surface area contributed by atoms with Crippen LogP contribution in [0.1, 0.15) is 48.5 Å². The van der Waals surface area contributed by atoms with Crippen molar-refractivity contribution in [2.45, 2.75) is 38.1 Å². The molecular formula is C22H25NO4. The molecule has 0 aromatic heterocycles. The van der Waals surface area contributed by atoms with E-state index in [9.17, 15) is 9.59 Å². The molecule has 1 aliphatic rings. The summed E-state index contributed by atoms with van der Waals surface area (Å²) in [4.78, 5) is 26.4. The van der Waals surface area contributed by atoms with Crippen molar-refractivity contribution in [3.8, 4) is 11.5 Å². The maximum absolute atomic E-state index is 12.4. The Bertz CT molecular complexity index is 826. The first-order chi connectivity index (χ1) is 13.1. The van der Waals surface area contributed by atoms with Gasteiger partial charge in [0.25, 0.3) is 0 Å². The SMILES string of the molecule is COc1cc(C(C)=O)c(N(C=O)C2(c3ccccc3)CCCC2)cc1OC. The van der Waals surface area contributed by atoms with E-state index in [2.05, 4.69) is 12.1 Å². The number of nitrogens with zero attached hydrogens (tertiary/aromatic N) is 1. The Morgan fingerprint density at radius 2 is 1.63 bits per heavy atom. The second kappa shape index (κ2) is 7.82. The Kier molecular flexibility index (Phi) is 5.49. The third kappa shape index (κ3) is 3.29. The van der Waals surface area contributed by atoms with Crippen LogP contribution in [0.4, 0.5) is 5.69 Å². The average molecular weight is 367 g/mol. The van der Waals surface area contributed by atoms with Gasteiger partial charge in [-0.05, 0) is 31.4 Å². The van der Waals surface area contributed by atoms with Crippen molar-refractivity contribution in [1.29, 1.82) is 0 Å². The molecule has 1 aliphatic carbocycles. The van der Waals surface area contributed by atoms with Crippen molar-refractivity contribution in [2.24, 2.45) is 0 Å². The van der Waals surface area contributed by atoms with Crippen LogP contribution in [0.5, 0.6) is 11.5 Å². The van der Waals surface area contributed by atoms with Gasteiger partial charge < -0.3 is 14.4 Å². The van der Waals surface area contributed by atoms with E-state index in [1.165, 1.54) is 14.0 Å². The van der Waals surface area contributed by atoms with Crippen molar-refractivity contribution in [3.05, 3.63) is 53.6 Å². The number of hydrogen-bond donors (Lipinski definition) is 0. The molecule has 0 N–H and O–H groups in total. The van der Waals surface area contributed by atoms with E-state index in [-0.39, 0.29) is 5.78 Å². The van der Waals surface area contributed by atoms with E-state index in [4.69, 9.17) is 9.47 Å². The highest BCUT2D eigenvalue weighted by Crippen LogP contribution is 2.47. The number of ketones is 1. The summed E-state index contributed by atoms with van der Waals surface area (Å²) >= 11 is 0. The molecule has 0 saturated heterocycles. The summed E-state index contributed by atoms with van der Waals surface area (Å²) in [5.41, 5.74) is 1.62. The predicted molar refractivity (Wildman–Crippen MR) is 105 cm³/mol. The molecule has 0 aliphatic heterocycles. The number of ether oxygens (including phenoxy) is 2. The molecule has 5 heteroatoms. The summed E-state index contributed by atoms with van der Waals surface area (Å²) in [5.74, 6) is 0.835. The first kappa shape index (κ1) is 19.0. The Morgan fingerprint density at radius 1 is 1.04 bits per heavy atom. The maximum atomic E-state index is 12.4. The van der Waals surface area contributed by atoms with Gasteiger partial charge in [0.1, 0.15) is 0 Å². The number of rotatable bonds is 7. The van der Waals surface area contributed by atoms with Crippen molar-refractivity contribution in [3.63, 3.8) is 0 Å². The van der Waals surface area contributed by atoms with Gasteiger partial charge in [0, 0.05) is 11.6 Å². The lowest BCUT2D eigenvalue weighted by Gasteiger charge is -2.40. The molecule has 0 spiro atoms. The average Bonchev–Trinajstić information content (AvgIpc) is 3.19. The van der Waals surface area contributed by atoms with E-state index >= 15 is 0 Å². The molecule has 3 rings (SSSR count). The Balaban J connectivity index is 2.22. The molecule has 1 saturated carbocycles. The highest BCUT2D eigenvalue weighted by molar-refractivity contribution is 6.03. The number of Topliss-reactive ketones (excluding diaryl/α,β-unsaturated/α-hetero) is 1. The lowest BCUT2D eigenvalue weighted by Crippen LogP contribution is -2.44. The van der Waals surface area contributed by atoms with Crippen molar-refractivity contribution in [2.75, 3.05) is 19.1 Å². The van der Waals surface area contributed by atoms with E-state index < -0.39 is 5.54 Å². The van der Waals surface area contributed by atoms with Gasteiger partial charge in [-0.1, -0.05) is 43.2 Å². The molecule has 0 unspecified atom stereocenters. The van der Waals surface area contributed by atoms with Crippen molar-refractivity contribution < 1.29 is 19.1 Å². The van der Waals surface area contributed by atoms with Gasteiger partial charge in [-0.2, -0.15) is 0 Å². The molecule has 27 heavy (non-hydrogen) atoms. The van der Waals surface area contributed by atoms with Gasteiger partial charge in [0.15, 0.2) is 17.3 Å². The zero-order valence-corrected chi connectivity index (χ0v) is 16.0. The summed E-state index contributed by atoms with van der Waals surface area (Å²) in [6.45, 7) is 1.50. The van der Waals surface area contributed by atoms with Crippen LogP contribution in [-0.2, 0) is 10.3 Å². The molecule has 1 amide bonds. The highest BCUT2D eigenvalue weighted by Gasteiger charge is 2.42. The van der Waals surface area contributed by atoms with Gasteiger partial charge in [0.05, 0.1) is 25.4 Å². The summed E-state index contributed by atoms with van der Waals surface area (Å²) in [6, 6.07) is 13.4. The van der Waals surface area contributed by atoms with Crippen molar-refractivity contribution >= 4 is 17.9 Å². The fraction of sp³-hybridized carbons (Fsp3) is 0.364. The lowest BCUT2D eigenvalue weighted by molar-refractivity contribution is -0.108. The number of benzene rings is 2. The van der Waals surface area contributed by atoms with E-state index in [1.54, 1.807) is 24.1 Å². The van der Waals surface area contributed by atoms with E-state index in [0.717, 1.165) is 37.7 Å². The standard InChI is InChI=1S/C22H25NO4/c1-16(25)18-13-20(26-2)21(27-3)14-19(18)23(15-24)22(11-7-8-12-22)17-9-5-4-6-10-17/h4-6,9-10,13-15H,7-8,11-12H2,1-3H3. The fourth-order valence-corrected chi connectivity index (χ4v) is 4.11. The molecule has 0 atom stereocenters. The summed E-state index contributed by atoms with van der Waals surface area (Å²) < 4.78 is 10.8. The molecule has 0 radical (unpaired) electrons. The van der Waals surface area contributed by atoms with Crippen LogP contribution >= 0.6 is 0 Å². The molecule has 2 aromatic carbocycles. The number of hydrogen-bond acceptors (Lipinski definition) is 4.